The third-order valence-electron chi connectivity index (χ3n) is 3.46. The van der Waals surface area contributed by atoms with Gasteiger partial charge in [-0.05, 0) is 56.7 Å². The van der Waals surface area contributed by atoms with Crippen molar-refractivity contribution in [2.45, 2.75) is 6.92 Å². The van der Waals surface area contributed by atoms with Gasteiger partial charge in [0.1, 0.15) is 5.75 Å². The van der Waals surface area contributed by atoms with Crippen molar-refractivity contribution in [2.24, 2.45) is 5.10 Å². The number of ether oxygens (including phenoxy) is 1. The normalized spacial score (nSPS) is 11.1. The molecule has 1 aromatic heterocycles. The Morgan fingerprint density at radius 3 is 2.92 bits per heavy atom. The lowest BCUT2D eigenvalue weighted by atomic mass is 10.1. The van der Waals surface area contributed by atoms with E-state index in [0.29, 0.717) is 5.75 Å². The Morgan fingerprint density at radius 2 is 2.12 bits per heavy atom. The van der Waals surface area contributed by atoms with Crippen molar-refractivity contribution >= 4 is 50.2 Å². The van der Waals surface area contributed by atoms with Crippen LogP contribution in [-0.4, -0.2) is 18.7 Å². The van der Waals surface area contributed by atoms with Gasteiger partial charge in [-0.25, -0.2) is 5.43 Å². The molecular formula is C18H15BrN2O2S. The van der Waals surface area contributed by atoms with Gasteiger partial charge in [0, 0.05) is 4.88 Å². The van der Waals surface area contributed by atoms with Crippen LogP contribution in [0.1, 0.15) is 10.4 Å². The summed E-state index contributed by atoms with van der Waals surface area (Å²) in [6.07, 6.45) is 1.64. The van der Waals surface area contributed by atoms with E-state index in [1.165, 1.54) is 0 Å². The van der Waals surface area contributed by atoms with Crippen molar-refractivity contribution in [2.75, 3.05) is 6.61 Å². The lowest BCUT2D eigenvalue weighted by molar-refractivity contribution is -0.123. The van der Waals surface area contributed by atoms with E-state index < -0.39 is 0 Å². The molecule has 1 N–H and O–H groups in total. The quantitative estimate of drug-likeness (QED) is 0.504. The molecule has 6 heteroatoms. The van der Waals surface area contributed by atoms with Crippen LogP contribution >= 0.6 is 27.3 Å². The van der Waals surface area contributed by atoms with Gasteiger partial charge in [0.2, 0.25) is 0 Å². The molecule has 1 heterocycles. The minimum absolute atomic E-state index is 0.0995. The molecule has 0 radical (unpaired) electrons. The van der Waals surface area contributed by atoms with Crippen LogP contribution in [0.4, 0.5) is 0 Å². The summed E-state index contributed by atoms with van der Waals surface area (Å²) in [6, 6.07) is 13.8. The summed E-state index contributed by atoms with van der Waals surface area (Å²) in [5, 5.41) is 8.09. The highest BCUT2D eigenvalue weighted by molar-refractivity contribution is 9.10. The molecule has 0 atom stereocenters. The minimum atomic E-state index is -0.305. The highest BCUT2D eigenvalue weighted by atomic mass is 79.9. The molecule has 24 heavy (non-hydrogen) atoms. The molecule has 122 valence electrons. The van der Waals surface area contributed by atoms with Gasteiger partial charge >= 0.3 is 0 Å². The molecule has 0 fully saturated rings. The van der Waals surface area contributed by atoms with Crippen LogP contribution in [-0.2, 0) is 4.79 Å². The van der Waals surface area contributed by atoms with E-state index in [2.05, 4.69) is 26.5 Å². The number of amides is 1. The highest BCUT2D eigenvalue weighted by Gasteiger charge is 2.08. The number of carbonyl (C=O) groups excluding carboxylic acids is 1. The first-order valence-corrected chi connectivity index (χ1v) is 8.98. The topological polar surface area (TPSA) is 50.7 Å². The van der Waals surface area contributed by atoms with Crippen molar-refractivity contribution < 1.29 is 9.53 Å². The van der Waals surface area contributed by atoms with E-state index in [4.69, 9.17) is 4.74 Å². The summed E-state index contributed by atoms with van der Waals surface area (Å²) >= 11 is 5.11. The van der Waals surface area contributed by atoms with Gasteiger partial charge in [0.05, 0.1) is 10.7 Å². The number of thiophene rings is 1. The number of aryl methyl sites for hydroxylation is 1. The van der Waals surface area contributed by atoms with Gasteiger partial charge in [-0.2, -0.15) is 5.10 Å². The van der Waals surface area contributed by atoms with Gasteiger partial charge in [-0.3, -0.25) is 4.79 Å². The minimum Gasteiger partial charge on any atom is -0.483 e. The van der Waals surface area contributed by atoms with E-state index >= 15 is 0 Å². The van der Waals surface area contributed by atoms with Crippen LogP contribution < -0.4 is 10.2 Å². The van der Waals surface area contributed by atoms with E-state index in [9.17, 15) is 4.79 Å². The van der Waals surface area contributed by atoms with E-state index in [-0.39, 0.29) is 12.5 Å². The Kier molecular flexibility index (Phi) is 5.27. The van der Waals surface area contributed by atoms with Crippen molar-refractivity contribution in [3.05, 3.63) is 62.8 Å². The largest absolute Gasteiger partial charge is 0.483 e. The van der Waals surface area contributed by atoms with E-state index in [0.717, 1.165) is 25.7 Å². The maximum absolute atomic E-state index is 11.8. The zero-order valence-corrected chi connectivity index (χ0v) is 15.4. The van der Waals surface area contributed by atoms with Gasteiger partial charge in [-0.1, -0.05) is 30.3 Å². The summed E-state index contributed by atoms with van der Waals surface area (Å²) in [5.41, 5.74) is 3.61. The van der Waals surface area contributed by atoms with Gasteiger partial charge < -0.3 is 4.74 Å². The number of hydrazone groups is 1. The molecule has 0 aliphatic rings. The first-order valence-electron chi connectivity index (χ1n) is 7.31. The van der Waals surface area contributed by atoms with Crippen LogP contribution in [0.2, 0.25) is 0 Å². The van der Waals surface area contributed by atoms with Crippen LogP contribution in [0.15, 0.2) is 57.4 Å². The fraction of sp³-hybridized carbons (Fsp3) is 0.111. The number of nitrogens with one attached hydrogen (secondary N) is 1. The number of halogens is 1. The number of fused-ring (bicyclic) bond motifs is 1. The van der Waals surface area contributed by atoms with Crippen LogP contribution in [0, 0.1) is 6.92 Å². The summed E-state index contributed by atoms with van der Waals surface area (Å²) in [5.74, 6) is 0.322. The van der Waals surface area contributed by atoms with Gasteiger partial charge in [-0.15, -0.1) is 11.3 Å². The molecule has 0 aliphatic carbocycles. The fourth-order valence-corrected chi connectivity index (χ4v) is 3.57. The Hall–Kier alpha value is -2.18. The van der Waals surface area contributed by atoms with E-state index in [1.807, 2.05) is 54.8 Å². The fourth-order valence-electron chi connectivity index (χ4n) is 2.18. The second kappa shape index (κ2) is 7.59. The van der Waals surface area contributed by atoms with Crippen LogP contribution in [0.5, 0.6) is 5.75 Å². The van der Waals surface area contributed by atoms with Crippen molar-refractivity contribution in [3.63, 3.8) is 0 Å². The average molecular weight is 403 g/mol. The Bertz CT molecular complexity index is 905. The molecule has 0 saturated carbocycles. The molecule has 2 aromatic carbocycles. The molecule has 3 aromatic rings. The monoisotopic (exact) mass is 402 g/mol. The summed E-state index contributed by atoms with van der Waals surface area (Å²) in [7, 11) is 0. The smallest absolute Gasteiger partial charge is 0.277 e. The average Bonchev–Trinajstić information content (AvgIpc) is 3.00. The predicted octanol–water partition coefficient (Wildman–Crippen LogP) is 4.50. The second-order valence-corrected chi connectivity index (χ2v) is 6.89. The van der Waals surface area contributed by atoms with Gasteiger partial charge in [0.15, 0.2) is 6.61 Å². The number of benzene rings is 2. The lowest BCUT2D eigenvalue weighted by Crippen LogP contribution is -2.24. The predicted molar refractivity (Wildman–Crippen MR) is 102 cm³/mol. The molecule has 1 amide bonds. The number of nitrogens with zero attached hydrogens (tertiary/aromatic N) is 1. The third kappa shape index (κ3) is 3.83. The number of hydrogen-bond donors (Lipinski definition) is 1. The first-order chi connectivity index (χ1) is 11.6. The summed E-state index contributed by atoms with van der Waals surface area (Å²) < 4.78 is 6.43. The SMILES string of the molecule is Cc1ccsc1/C=N/NC(=O)COc1ccc2ccccc2c1Br. The van der Waals surface area contributed by atoms with Crippen LogP contribution in [0.25, 0.3) is 10.8 Å². The second-order valence-electron chi connectivity index (χ2n) is 5.15. The lowest BCUT2D eigenvalue weighted by Gasteiger charge is -2.09. The van der Waals surface area contributed by atoms with Crippen molar-refractivity contribution in [3.8, 4) is 5.75 Å². The summed E-state index contributed by atoms with van der Waals surface area (Å²) in [6.45, 7) is 1.90. The molecule has 4 nitrogen and oxygen atoms in total. The third-order valence-corrected chi connectivity index (χ3v) is 5.23. The number of carbonyl (C=O) groups is 1. The van der Waals surface area contributed by atoms with Gasteiger partial charge in [0.25, 0.3) is 5.91 Å². The Labute approximate surface area is 152 Å². The standard InChI is InChI=1S/C18H15BrN2O2S/c1-12-8-9-24-16(12)10-20-21-17(22)11-23-15-7-6-13-4-2-3-5-14(13)18(15)19/h2-10H,11H2,1H3,(H,21,22)/b20-10+. The molecule has 0 aliphatic heterocycles. The highest BCUT2D eigenvalue weighted by Crippen LogP contribution is 2.32. The first kappa shape index (κ1) is 16.7. The molecule has 0 bridgehead atoms. The summed E-state index contributed by atoms with van der Waals surface area (Å²) in [4.78, 5) is 12.9. The number of hydrogen-bond acceptors (Lipinski definition) is 4. The molecule has 3 rings (SSSR count). The molecule has 0 saturated heterocycles. The van der Waals surface area contributed by atoms with Crippen molar-refractivity contribution in [1.29, 1.82) is 0 Å². The Morgan fingerprint density at radius 1 is 1.29 bits per heavy atom. The maximum atomic E-state index is 11.8. The molecule has 0 unspecified atom stereocenters. The van der Waals surface area contributed by atoms with Crippen molar-refractivity contribution in [1.82, 2.24) is 5.43 Å². The number of rotatable bonds is 5. The molecule has 0 spiro atoms. The van der Waals surface area contributed by atoms with E-state index in [1.54, 1.807) is 17.6 Å². The van der Waals surface area contributed by atoms with Crippen LogP contribution in [0.3, 0.4) is 0 Å². The Balaban J connectivity index is 1.59. The zero-order valence-electron chi connectivity index (χ0n) is 13.0. The maximum Gasteiger partial charge on any atom is 0.277 e. The molecular weight excluding hydrogens is 388 g/mol. The zero-order chi connectivity index (χ0) is 16.9.